The predicted octanol–water partition coefficient (Wildman–Crippen LogP) is 2.92. The van der Waals surface area contributed by atoms with Crippen LogP contribution in [0.5, 0.6) is 0 Å². The lowest BCUT2D eigenvalue weighted by Gasteiger charge is -2.35. The third-order valence-electron chi connectivity index (χ3n) is 8.82. The molecule has 6 rings (SSSR count). The Kier molecular flexibility index (Phi) is 8.74. The van der Waals surface area contributed by atoms with Crippen LogP contribution in [0.3, 0.4) is 0 Å². The maximum absolute atomic E-state index is 14.9. The monoisotopic (exact) mass is 662 g/mol. The highest BCUT2D eigenvalue weighted by atomic mass is 32.2. The molecule has 2 amide bonds. The predicted molar refractivity (Wildman–Crippen MR) is 171 cm³/mol. The van der Waals surface area contributed by atoms with Crippen molar-refractivity contribution in [3.63, 3.8) is 0 Å². The maximum Gasteiger partial charge on any atom is 0.296 e. The van der Waals surface area contributed by atoms with E-state index in [2.05, 4.69) is 0 Å². The van der Waals surface area contributed by atoms with Crippen LogP contribution in [-0.4, -0.2) is 98.7 Å². The molecular weight excluding hydrogens is 627 g/mol. The SMILES string of the molecule is CN(C)CCCN1C(=O)C(=O)C(=C(O)c2ccc(S(=O)(=O)N3CCOCC3)cc2)[C@@]12C(=O)N(Cc1ccccc1F)c1ccccc12. The summed E-state index contributed by atoms with van der Waals surface area (Å²) in [6, 6.07) is 18.0. The second-order valence-corrected chi connectivity index (χ2v) is 13.9. The van der Waals surface area contributed by atoms with Crippen LogP contribution in [-0.2, 0) is 41.2 Å². The molecule has 3 aliphatic heterocycles. The third kappa shape index (κ3) is 5.42. The van der Waals surface area contributed by atoms with Crippen LogP contribution in [0.15, 0.2) is 83.3 Å². The van der Waals surface area contributed by atoms with Crippen molar-refractivity contribution in [1.82, 2.24) is 14.1 Å². The zero-order valence-corrected chi connectivity index (χ0v) is 26.9. The molecule has 13 heteroatoms. The van der Waals surface area contributed by atoms with E-state index in [1.54, 1.807) is 36.4 Å². The van der Waals surface area contributed by atoms with Gasteiger partial charge < -0.3 is 24.5 Å². The molecule has 3 aliphatic rings. The summed E-state index contributed by atoms with van der Waals surface area (Å²) in [5, 5.41) is 11.8. The number of anilines is 1. The Labute approximate surface area is 272 Å². The maximum atomic E-state index is 14.9. The van der Waals surface area contributed by atoms with Gasteiger partial charge in [-0.3, -0.25) is 14.4 Å². The van der Waals surface area contributed by atoms with Crippen LogP contribution >= 0.6 is 0 Å². The summed E-state index contributed by atoms with van der Waals surface area (Å²) in [5.41, 5.74) is -1.50. The number of rotatable bonds is 9. The van der Waals surface area contributed by atoms with Crippen LogP contribution in [0.1, 0.15) is 23.1 Å². The third-order valence-corrected chi connectivity index (χ3v) is 10.7. The van der Waals surface area contributed by atoms with Crippen LogP contribution in [0.25, 0.3) is 5.76 Å². The van der Waals surface area contributed by atoms with Crippen LogP contribution in [0.4, 0.5) is 10.1 Å². The molecule has 0 radical (unpaired) electrons. The van der Waals surface area contributed by atoms with E-state index in [-0.39, 0.29) is 55.4 Å². The molecular formula is C34H35FN4O7S. The summed E-state index contributed by atoms with van der Waals surface area (Å²) in [4.78, 5) is 47.0. The number of sulfonamides is 1. The molecule has 2 fully saturated rings. The Balaban J connectivity index is 1.49. The molecule has 3 aromatic carbocycles. The highest BCUT2D eigenvalue weighted by Gasteiger charge is 2.67. The van der Waals surface area contributed by atoms with Gasteiger partial charge >= 0.3 is 0 Å². The van der Waals surface area contributed by atoms with E-state index in [1.807, 2.05) is 19.0 Å². The number of para-hydroxylation sites is 1. The largest absolute Gasteiger partial charge is 0.507 e. The Hall–Kier alpha value is -4.43. The van der Waals surface area contributed by atoms with Crippen molar-refractivity contribution in [3.05, 3.63) is 101 Å². The van der Waals surface area contributed by atoms with E-state index in [1.165, 1.54) is 50.5 Å². The number of benzene rings is 3. The number of aliphatic hydroxyl groups is 1. The molecule has 2 saturated heterocycles. The van der Waals surface area contributed by atoms with Crippen molar-refractivity contribution in [1.29, 1.82) is 0 Å². The van der Waals surface area contributed by atoms with Crippen LogP contribution in [0, 0.1) is 5.82 Å². The van der Waals surface area contributed by atoms with Crippen LogP contribution in [0.2, 0.25) is 0 Å². The number of ketones is 1. The van der Waals surface area contributed by atoms with E-state index in [9.17, 15) is 32.3 Å². The second-order valence-electron chi connectivity index (χ2n) is 11.9. The van der Waals surface area contributed by atoms with Gasteiger partial charge in [0.15, 0.2) is 5.54 Å². The number of nitrogens with zero attached hydrogens (tertiary/aromatic N) is 4. The first-order chi connectivity index (χ1) is 22.5. The minimum Gasteiger partial charge on any atom is -0.507 e. The molecule has 1 N–H and O–H groups in total. The quantitative estimate of drug-likeness (QED) is 0.211. The van der Waals surface area contributed by atoms with E-state index in [0.717, 1.165) is 0 Å². The molecule has 0 bridgehead atoms. The van der Waals surface area contributed by atoms with Crippen molar-refractivity contribution >= 4 is 39.1 Å². The molecule has 0 aromatic heterocycles. The fourth-order valence-corrected chi connectivity index (χ4v) is 7.94. The fourth-order valence-electron chi connectivity index (χ4n) is 6.53. The highest BCUT2D eigenvalue weighted by Crippen LogP contribution is 2.54. The Bertz CT molecular complexity index is 1870. The second kappa shape index (κ2) is 12.6. The minimum atomic E-state index is -3.85. The number of aliphatic hydroxyl groups excluding tert-OH is 1. The first kappa shape index (κ1) is 32.5. The lowest BCUT2D eigenvalue weighted by atomic mass is 9.82. The lowest BCUT2D eigenvalue weighted by Crippen LogP contribution is -2.52. The van der Waals surface area contributed by atoms with Crippen molar-refractivity contribution in [2.24, 2.45) is 0 Å². The number of ether oxygens (including phenoxy) is 1. The van der Waals surface area contributed by atoms with Crippen molar-refractivity contribution < 1.29 is 37.0 Å². The number of fused-ring (bicyclic) bond motifs is 2. The molecule has 0 aliphatic carbocycles. The summed E-state index contributed by atoms with van der Waals surface area (Å²) in [6.07, 6.45) is 0.415. The zero-order chi connectivity index (χ0) is 33.5. The highest BCUT2D eigenvalue weighted by molar-refractivity contribution is 7.89. The van der Waals surface area contributed by atoms with Crippen molar-refractivity contribution in [2.75, 3.05) is 58.4 Å². The lowest BCUT2D eigenvalue weighted by molar-refractivity contribution is -0.143. The smallest absolute Gasteiger partial charge is 0.296 e. The van der Waals surface area contributed by atoms with Gasteiger partial charge in [0, 0.05) is 36.3 Å². The van der Waals surface area contributed by atoms with E-state index in [4.69, 9.17) is 4.74 Å². The zero-order valence-electron chi connectivity index (χ0n) is 26.1. The van der Waals surface area contributed by atoms with Crippen molar-refractivity contribution in [2.45, 2.75) is 23.4 Å². The number of carbonyl (C=O) groups excluding carboxylic acids is 3. The molecule has 3 aromatic rings. The topological polar surface area (TPSA) is 128 Å². The van der Waals surface area contributed by atoms with Gasteiger partial charge in [-0.15, -0.1) is 0 Å². The molecule has 246 valence electrons. The van der Waals surface area contributed by atoms with Crippen LogP contribution < -0.4 is 4.90 Å². The average Bonchev–Trinajstić information content (AvgIpc) is 3.44. The molecule has 11 nitrogen and oxygen atoms in total. The van der Waals surface area contributed by atoms with E-state index < -0.39 is 50.3 Å². The number of halogens is 1. The summed E-state index contributed by atoms with van der Waals surface area (Å²) >= 11 is 0. The van der Waals surface area contributed by atoms with Gasteiger partial charge in [0.2, 0.25) is 10.0 Å². The Morgan fingerprint density at radius 2 is 1.62 bits per heavy atom. The van der Waals surface area contributed by atoms with E-state index in [0.29, 0.717) is 24.2 Å². The Morgan fingerprint density at radius 1 is 0.957 bits per heavy atom. The number of likely N-dealkylation sites (tertiary alicyclic amines) is 1. The molecule has 1 atom stereocenters. The number of morpholine rings is 1. The van der Waals surface area contributed by atoms with Crippen molar-refractivity contribution in [3.8, 4) is 0 Å². The summed E-state index contributed by atoms with van der Waals surface area (Å²) < 4.78 is 47.9. The average molecular weight is 663 g/mol. The number of hydrogen-bond acceptors (Lipinski definition) is 8. The summed E-state index contributed by atoms with van der Waals surface area (Å²) in [6.45, 7) is 1.34. The summed E-state index contributed by atoms with van der Waals surface area (Å²) in [7, 11) is -0.130. The fraction of sp³-hybridized carbons (Fsp3) is 0.324. The molecule has 47 heavy (non-hydrogen) atoms. The number of amides is 2. The standard InChI is InChI=1S/C34H35FN4O7S/c1-36(2)16-7-17-39-32(42)31(41)29(30(40)23-12-14-25(15-13-23)47(44,45)37-18-20-46-21-19-37)34(39)26-9-4-6-11-28(26)38(33(34)43)22-24-8-3-5-10-27(24)35/h3-6,8-15,40H,7,16-22H2,1-2H3/t34-/m0/s1. The van der Waals surface area contributed by atoms with Gasteiger partial charge in [-0.25, -0.2) is 12.8 Å². The van der Waals surface area contributed by atoms with Gasteiger partial charge in [-0.1, -0.05) is 36.4 Å². The van der Waals surface area contributed by atoms with Gasteiger partial charge in [-0.05, 0) is 63.5 Å². The first-order valence-corrected chi connectivity index (χ1v) is 16.7. The minimum absolute atomic E-state index is 0.0177. The van der Waals surface area contributed by atoms with Gasteiger partial charge in [0.1, 0.15) is 11.6 Å². The van der Waals surface area contributed by atoms with E-state index >= 15 is 0 Å². The molecule has 0 saturated carbocycles. The molecule has 0 unspecified atom stereocenters. The normalized spacial score (nSPS) is 21.3. The summed E-state index contributed by atoms with van der Waals surface area (Å²) in [5.74, 6) is -3.82. The number of carbonyl (C=O) groups is 3. The van der Waals surface area contributed by atoms with Gasteiger partial charge in [0.05, 0.1) is 35.9 Å². The number of Topliss-reactive ketones (excluding diaryl/α,β-unsaturated/α-hetero) is 1. The van der Waals surface area contributed by atoms with Gasteiger partial charge in [-0.2, -0.15) is 4.31 Å². The molecule has 3 heterocycles. The molecule has 1 spiro atoms. The Morgan fingerprint density at radius 3 is 2.30 bits per heavy atom. The first-order valence-electron chi connectivity index (χ1n) is 15.3. The number of hydrogen-bond donors (Lipinski definition) is 1. The van der Waals surface area contributed by atoms with Gasteiger partial charge in [0.25, 0.3) is 17.6 Å².